The van der Waals surface area contributed by atoms with Gasteiger partial charge >= 0.3 is 12.1 Å². The Morgan fingerprint density at radius 1 is 0.452 bits per heavy atom. The third-order valence-corrected chi connectivity index (χ3v) is 8.31. The van der Waals surface area contributed by atoms with E-state index in [1.54, 1.807) is 18.2 Å². The van der Waals surface area contributed by atoms with E-state index in [0.29, 0.717) is 151 Å². The molecule has 0 saturated carbocycles. The molecule has 62 heavy (non-hydrogen) atoms. The Hall–Kier alpha value is -2.98. The summed E-state index contributed by atoms with van der Waals surface area (Å²) >= 11 is 0. The second-order valence-electron chi connectivity index (χ2n) is 13.3. The van der Waals surface area contributed by atoms with E-state index in [2.05, 4.69) is 12.2 Å². The molecule has 2 rings (SSSR count). The molecule has 0 aliphatic heterocycles. The normalized spacial score (nSPS) is 11.7. The number of halogens is 3. The molecule has 0 saturated heterocycles. The molecular weight excluding hydrogens is 823 g/mol. The van der Waals surface area contributed by atoms with Crippen LogP contribution in [0.1, 0.15) is 48.5 Å². The summed E-state index contributed by atoms with van der Waals surface area (Å²) < 4.78 is 110. The average molecular weight is 894 g/mol. The molecule has 15 nitrogen and oxygen atoms in total. The van der Waals surface area contributed by atoms with Crippen LogP contribution in [0.15, 0.2) is 48.5 Å². The summed E-state index contributed by atoms with van der Waals surface area (Å²) in [6, 6.07) is 11.1. The van der Waals surface area contributed by atoms with Crippen LogP contribution >= 0.6 is 0 Å². The number of esters is 1. The third kappa shape index (κ3) is 31.8. The van der Waals surface area contributed by atoms with Crippen LogP contribution < -0.4 is 5.32 Å². The first-order valence-corrected chi connectivity index (χ1v) is 21.5. The van der Waals surface area contributed by atoms with E-state index >= 15 is 0 Å². The van der Waals surface area contributed by atoms with Crippen LogP contribution in [-0.4, -0.2) is 171 Å². The number of rotatable bonds is 44. The highest BCUT2D eigenvalue weighted by atomic mass is 19.4. The van der Waals surface area contributed by atoms with Crippen molar-refractivity contribution in [1.29, 1.82) is 0 Å². The number of carbonyl (C=O) groups excluding carboxylic acids is 1. The van der Waals surface area contributed by atoms with Crippen molar-refractivity contribution >= 4 is 17.3 Å². The van der Waals surface area contributed by atoms with Crippen LogP contribution in [-0.2, 0) is 67.8 Å². The Morgan fingerprint density at radius 3 is 1.21 bits per heavy atom. The molecule has 0 radical (unpaired) electrons. The second-order valence-corrected chi connectivity index (χ2v) is 13.3. The summed E-state index contributed by atoms with van der Waals surface area (Å²) in [5.41, 5.74) is -0.0950. The second kappa shape index (κ2) is 39.6. The Balaban J connectivity index is 1.23. The molecule has 18 heteroatoms. The van der Waals surface area contributed by atoms with Crippen LogP contribution in [0.5, 0.6) is 0 Å². The van der Waals surface area contributed by atoms with Gasteiger partial charge in [0.05, 0.1) is 169 Å². The van der Waals surface area contributed by atoms with Gasteiger partial charge in [0.25, 0.3) is 0 Å². The Kier molecular flexibility index (Phi) is 35.2. The minimum atomic E-state index is -4.48. The maximum Gasteiger partial charge on any atom is 0.416 e. The molecule has 0 atom stereocenters. The summed E-state index contributed by atoms with van der Waals surface area (Å²) in [7, 11) is 0. The molecule has 0 fully saturated rings. The standard InChI is InChI=1S/C44H70F3NO14/c1-2-3-4-7-13-50-14-15-51-16-17-52-18-19-53-20-21-54-22-23-55-24-25-56-26-27-57-28-29-58-30-31-59-32-33-60-34-35-61-36-37-62-43(49)41-11-5-6-12-42(41)48-40-10-8-9-39(38-40)44(45,46)47/h5-6,8-12,38,48H,2-4,7,13-37H2,1H3. The summed E-state index contributed by atoms with van der Waals surface area (Å²) in [6.45, 7) is 13.5. The van der Waals surface area contributed by atoms with Crippen molar-refractivity contribution in [3.05, 3.63) is 59.7 Å². The summed E-state index contributed by atoms with van der Waals surface area (Å²) in [6.07, 6.45) is 0.363. The van der Waals surface area contributed by atoms with Gasteiger partial charge in [-0.3, -0.25) is 0 Å². The molecule has 0 spiro atoms. The summed E-state index contributed by atoms with van der Waals surface area (Å²) in [5, 5.41) is 2.86. The quantitative estimate of drug-likeness (QED) is 0.0579. The van der Waals surface area contributed by atoms with Gasteiger partial charge in [-0.1, -0.05) is 44.4 Å². The van der Waals surface area contributed by atoms with E-state index in [4.69, 9.17) is 61.6 Å². The highest BCUT2D eigenvalue weighted by Crippen LogP contribution is 2.32. The van der Waals surface area contributed by atoms with Crippen LogP contribution in [0, 0.1) is 0 Å². The van der Waals surface area contributed by atoms with Crippen LogP contribution in [0.25, 0.3) is 0 Å². The lowest BCUT2D eigenvalue weighted by atomic mass is 10.1. The number of benzene rings is 2. The molecule has 0 amide bonds. The van der Waals surface area contributed by atoms with Gasteiger partial charge in [-0.15, -0.1) is 0 Å². The first-order valence-electron chi connectivity index (χ1n) is 21.5. The van der Waals surface area contributed by atoms with E-state index in [1.807, 2.05) is 0 Å². The number of unbranched alkanes of at least 4 members (excludes halogenated alkanes) is 3. The van der Waals surface area contributed by atoms with Gasteiger partial charge in [0.2, 0.25) is 0 Å². The number of hydrogen-bond acceptors (Lipinski definition) is 15. The van der Waals surface area contributed by atoms with Crippen molar-refractivity contribution in [2.45, 2.75) is 38.8 Å². The fraction of sp³-hybridized carbons (Fsp3) is 0.705. The maximum absolute atomic E-state index is 13.1. The molecule has 2 aromatic rings. The number of anilines is 2. The van der Waals surface area contributed by atoms with Gasteiger partial charge in [0.1, 0.15) is 6.61 Å². The highest BCUT2D eigenvalue weighted by Gasteiger charge is 2.30. The van der Waals surface area contributed by atoms with Crippen molar-refractivity contribution in [1.82, 2.24) is 0 Å². The molecule has 2 aromatic carbocycles. The number of hydrogen-bond donors (Lipinski definition) is 1. The van der Waals surface area contributed by atoms with Crippen LogP contribution in [0.4, 0.5) is 24.5 Å². The zero-order valence-electron chi connectivity index (χ0n) is 36.5. The van der Waals surface area contributed by atoms with Crippen molar-refractivity contribution in [3.8, 4) is 0 Å². The number of ether oxygens (including phenoxy) is 13. The van der Waals surface area contributed by atoms with E-state index in [9.17, 15) is 18.0 Å². The Morgan fingerprint density at radius 2 is 0.823 bits per heavy atom. The predicted molar refractivity (Wildman–Crippen MR) is 225 cm³/mol. The van der Waals surface area contributed by atoms with Gasteiger partial charge in [-0.25, -0.2) is 4.79 Å². The first kappa shape index (κ1) is 55.2. The van der Waals surface area contributed by atoms with Crippen molar-refractivity contribution in [2.75, 3.05) is 170 Å². The Bertz CT molecular complexity index is 1330. The van der Waals surface area contributed by atoms with Crippen LogP contribution in [0.2, 0.25) is 0 Å². The predicted octanol–water partition coefficient (Wildman–Crippen LogP) is 6.39. The molecular formula is C44H70F3NO14. The lowest BCUT2D eigenvalue weighted by Crippen LogP contribution is -2.16. The molecule has 0 bridgehead atoms. The minimum absolute atomic E-state index is 0.00408. The van der Waals surface area contributed by atoms with E-state index < -0.39 is 17.7 Å². The lowest BCUT2D eigenvalue weighted by molar-refractivity contribution is -0.137. The SMILES string of the molecule is CCCCCCOCCOCCOCCOCCOCCOCCOCCOCCOCCOCCOCCOCCOC(=O)c1ccccc1Nc1cccc(C(F)(F)F)c1. The number of carbonyl (C=O) groups is 1. The smallest absolute Gasteiger partial charge is 0.416 e. The lowest BCUT2D eigenvalue weighted by Gasteiger charge is -2.13. The number of para-hydroxylation sites is 1. The van der Waals surface area contributed by atoms with E-state index in [-0.39, 0.29) is 24.5 Å². The van der Waals surface area contributed by atoms with E-state index in [0.717, 1.165) is 25.2 Å². The minimum Gasteiger partial charge on any atom is -0.460 e. The zero-order valence-corrected chi connectivity index (χ0v) is 36.5. The van der Waals surface area contributed by atoms with Gasteiger partial charge in [0.15, 0.2) is 0 Å². The zero-order chi connectivity index (χ0) is 44.4. The summed E-state index contributed by atoms with van der Waals surface area (Å²) in [4.78, 5) is 12.6. The van der Waals surface area contributed by atoms with Crippen molar-refractivity contribution in [2.24, 2.45) is 0 Å². The molecule has 0 aliphatic carbocycles. The molecule has 1 N–H and O–H groups in total. The van der Waals surface area contributed by atoms with Gasteiger partial charge < -0.3 is 66.9 Å². The maximum atomic E-state index is 13.1. The molecule has 0 unspecified atom stereocenters. The first-order chi connectivity index (χ1) is 30.4. The number of nitrogens with one attached hydrogen (secondary N) is 1. The largest absolute Gasteiger partial charge is 0.460 e. The van der Waals surface area contributed by atoms with E-state index in [1.165, 1.54) is 37.5 Å². The average Bonchev–Trinajstić information content (AvgIpc) is 3.27. The fourth-order valence-corrected chi connectivity index (χ4v) is 5.12. The van der Waals surface area contributed by atoms with Gasteiger partial charge in [-0.2, -0.15) is 13.2 Å². The number of alkyl halides is 3. The van der Waals surface area contributed by atoms with Crippen molar-refractivity contribution in [3.63, 3.8) is 0 Å². The molecule has 356 valence electrons. The summed E-state index contributed by atoms with van der Waals surface area (Å²) in [5.74, 6) is -0.630. The van der Waals surface area contributed by atoms with Crippen molar-refractivity contribution < 1.29 is 79.5 Å². The highest BCUT2D eigenvalue weighted by molar-refractivity contribution is 5.96. The monoisotopic (exact) mass is 893 g/mol. The topological polar surface area (TPSA) is 149 Å². The van der Waals surface area contributed by atoms with Crippen LogP contribution in [0.3, 0.4) is 0 Å². The molecule has 0 heterocycles. The van der Waals surface area contributed by atoms with Gasteiger partial charge in [-0.05, 0) is 36.8 Å². The van der Waals surface area contributed by atoms with Gasteiger partial charge in [0, 0.05) is 12.3 Å². The fourth-order valence-electron chi connectivity index (χ4n) is 5.12. The molecule has 0 aromatic heterocycles. The Labute approximate surface area is 365 Å². The molecule has 0 aliphatic rings. The third-order valence-electron chi connectivity index (χ3n) is 8.31.